The van der Waals surface area contributed by atoms with Crippen molar-refractivity contribution in [3.63, 3.8) is 0 Å². The molecule has 0 radical (unpaired) electrons. The first-order chi connectivity index (χ1) is 13.2. The van der Waals surface area contributed by atoms with Crippen LogP contribution in [0.2, 0.25) is 0 Å². The van der Waals surface area contributed by atoms with Gasteiger partial charge in [0.15, 0.2) is 5.96 Å². The number of rotatable bonds is 7. The molecule has 1 saturated carbocycles. The van der Waals surface area contributed by atoms with E-state index >= 15 is 0 Å². The third kappa shape index (κ3) is 5.54. The summed E-state index contributed by atoms with van der Waals surface area (Å²) in [6, 6.07) is 0.770. The fourth-order valence-electron chi connectivity index (χ4n) is 3.89. The Balaban J connectivity index is 1.49. The average Bonchev–Trinajstić information content (AvgIpc) is 3.39. The molecular formula is C19H35N7S. The summed E-state index contributed by atoms with van der Waals surface area (Å²) < 4.78 is 4.42. The van der Waals surface area contributed by atoms with E-state index < -0.39 is 0 Å². The Morgan fingerprint density at radius 3 is 2.59 bits per heavy atom. The third-order valence-electron chi connectivity index (χ3n) is 5.62. The van der Waals surface area contributed by atoms with Crippen LogP contribution in [0, 0.1) is 0 Å². The fraction of sp³-hybridized carbons (Fsp3) is 0.842. The highest BCUT2D eigenvalue weighted by atomic mass is 32.1. The summed E-state index contributed by atoms with van der Waals surface area (Å²) in [5.41, 5.74) is 0. The summed E-state index contributed by atoms with van der Waals surface area (Å²) in [5, 5.41) is 4.54. The second-order valence-corrected chi connectivity index (χ2v) is 8.21. The molecule has 0 spiro atoms. The van der Waals surface area contributed by atoms with Gasteiger partial charge in [0.2, 0.25) is 5.13 Å². The van der Waals surface area contributed by atoms with Crippen LogP contribution in [0.15, 0.2) is 4.99 Å². The molecule has 27 heavy (non-hydrogen) atoms. The van der Waals surface area contributed by atoms with Gasteiger partial charge in [-0.3, -0.25) is 4.99 Å². The molecule has 0 unspecified atom stereocenters. The van der Waals surface area contributed by atoms with Crippen molar-refractivity contribution in [2.24, 2.45) is 4.99 Å². The predicted molar refractivity (Wildman–Crippen MR) is 114 cm³/mol. The van der Waals surface area contributed by atoms with Gasteiger partial charge in [0, 0.05) is 63.3 Å². The van der Waals surface area contributed by atoms with Crippen molar-refractivity contribution in [3.05, 3.63) is 5.82 Å². The zero-order valence-electron chi connectivity index (χ0n) is 17.2. The molecule has 1 aliphatic heterocycles. The molecule has 7 nitrogen and oxygen atoms in total. The van der Waals surface area contributed by atoms with E-state index in [1.54, 1.807) is 0 Å². The number of hydrogen-bond donors (Lipinski definition) is 1. The third-order valence-corrected chi connectivity index (χ3v) is 6.44. The maximum Gasteiger partial charge on any atom is 0.205 e. The molecule has 8 heteroatoms. The Hall–Kier alpha value is -1.41. The van der Waals surface area contributed by atoms with E-state index in [1.165, 1.54) is 37.2 Å². The molecule has 1 saturated heterocycles. The van der Waals surface area contributed by atoms with Crippen LogP contribution in [0.5, 0.6) is 0 Å². The van der Waals surface area contributed by atoms with Gasteiger partial charge in [-0.1, -0.05) is 19.8 Å². The molecule has 0 aromatic carbocycles. The molecule has 0 bridgehead atoms. The second-order valence-electron chi connectivity index (χ2n) is 7.48. The van der Waals surface area contributed by atoms with E-state index in [0.717, 1.165) is 75.2 Å². The van der Waals surface area contributed by atoms with Crippen molar-refractivity contribution >= 4 is 22.6 Å². The van der Waals surface area contributed by atoms with E-state index in [1.807, 2.05) is 0 Å². The highest BCUT2D eigenvalue weighted by Crippen LogP contribution is 2.22. The van der Waals surface area contributed by atoms with Gasteiger partial charge < -0.3 is 20.0 Å². The first-order valence-corrected chi connectivity index (χ1v) is 11.3. The monoisotopic (exact) mass is 393 g/mol. The number of nitrogens with one attached hydrogen (secondary N) is 1. The van der Waals surface area contributed by atoms with Crippen LogP contribution in [0.25, 0.3) is 0 Å². The van der Waals surface area contributed by atoms with Crippen molar-refractivity contribution in [2.45, 2.75) is 52.0 Å². The Labute approximate surface area is 168 Å². The largest absolute Gasteiger partial charge is 0.357 e. The lowest BCUT2D eigenvalue weighted by atomic mass is 10.2. The van der Waals surface area contributed by atoms with Crippen LogP contribution >= 0.6 is 11.5 Å². The minimum Gasteiger partial charge on any atom is -0.357 e. The van der Waals surface area contributed by atoms with Crippen LogP contribution in [0.4, 0.5) is 5.13 Å². The second kappa shape index (κ2) is 10.2. The highest BCUT2D eigenvalue weighted by molar-refractivity contribution is 7.09. The van der Waals surface area contributed by atoms with Gasteiger partial charge in [-0.2, -0.15) is 4.37 Å². The average molecular weight is 394 g/mol. The van der Waals surface area contributed by atoms with Gasteiger partial charge in [0.25, 0.3) is 0 Å². The standard InChI is InChI=1S/C19H35N7S/c1-4-17-22-19(27-23-17)26-14-12-25(13-15-26)18(20-5-2)21-10-11-24(3)16-8-6-7-9-16/h16H,4-15H2,1-3H3,(H,20,21). The number of piperazine rings is 1. The summed E-state index contributed by atoms with van der Waals surface area (Å²) in [6.07, 6.45) is 6.39. The number of guanidine groups is 1. The summed E-state index contributed by atoms with van der Waals surface area (Å²) in [5.74, 6) is 2.02. The molecular weight excluding hydrogens is 358 g/mol. The highest BCUT2D eigenvalue weighted by Gasteiger charge is 2.22. The quantitative estimate of drug-likeness (QED) is 0.565. The molecule has 1 aromatic heterocycles. The van der Waals surface area contributed by atoms with Crippen molar-refractivity contribution in [2.75, 3.05) is 57.8 Å². The smallest absolute Gasteiger partial charge is 0.205 e. The number of anilines is 1. The van der Waals surface area contributed by atoms with E-state index in [4.69, 9.17) is 4.99 Å². The van der Waals surface area contributed by atoms with E-state index in [-0.39, 0.29) is 0 Å². The molecule has 3 rings (SSSR count). The van der Waals surface area contributed by atoms with Gasteiger partial charge in [-0.05, 0) is 26.8 Å². The Morgan fingerprint density at radius 1 is 1.22 bits per heavy atom. The van der Waals surface area contributed by atoms with Crippen molar-refractivity contribution in [1.29, 1.82) is 0 Å². The van der Waals surface area contributed by atoms with Gasteiger partial charge in [0.1, 0.15) is 5.82 Å². The number of aryl methyl sites for hydroxylation is 1. The maximum absolute atomic E-state index is 4.91. The first kappa shape index (κ1) is 20.3. The normalized spacial score (nSPS) is 19.3. The van der Waals surface area contributed by atoms with Crippen molar-refractivity contribution in [3.8, 4) is 0 Å². The Kier molecular flexibility index (Phi) is 7.70. The van der Waals surface area contributed by atoms with Gasteiger partial charge in [-0.15, -0.1) is 0 Å². The van der Waals surface area contributed by atoms with Gasteiger partial charge in [-0.25, -0.2) is 4.98 Å². The molecule has 2 aliphatic rings. The zero-order chi connectivity index (χ0) is 19.1. The summed E-state index contributed by atoms with van der Waals surface area (Å²) in [7, 11) is 2.25. The van der Waals surface area contributed by atoms with E-state index in [0.29, 0.717) is 0 Å². The fourth-order valence-corrected chi connectivity index (χ4v) is 4.69. The van der Waals surface area contributed by atoms with Crippen LogP contribution < -0.4 is 10.2 Å². The zero-order valence-corrected chi connectivity index (χ0v) is 18.0. The summed E-state index contributed by atoms with van der Waals surface area (Å²) in [4.78, 5) is 16.8. The van der Waals surface area contributed by atoms with Crippen LogP contribution in [0.1, 0.15) is 45.4 Å². The first-order valence-electron chi connectivity index (χ1n) is 10.5. The lowest BCUT2D eigenvalue weighted by Gasteiger charge is -2.36. The molecule has 0 atom stereocenters. The SMILES string of the molecule is CCNC(=NCCN(C)C1CCCC1)N1CCN(c2nc(CC)ns2)CC1. The number of aromatic nitrogens is 2. The minimum absolute atomic E-state index is 0.770. The number of aliphatic imine (C=N–C) groups is 1. The molecule has 2 heterocycles. The minimum atomic E-state index is 0.770. The summed E-state index contributed by atoms with van der Waals surface area (Å²) in [6.45, 7) is 11.0. The molecule has 1 N–H and O–H groups in total. The predicted octanol–water partition coefficient (Wildman–Crippen LogP) is 2.06. The van der Waals surface area contributed by atoms with Crippen molar-refractivity contribution in [1.82, 2.24) is 24.5 Å². The maximum atomic E-state index is 4.91. The molecule has 0 amide bonds. The van der Waals surface area contributed by atoms with Crippen LogP contribution in [-0.4, -0.2) is 84.0 Å². The van der Waals surface area contributed by atoms with Crippen molar-refractivity contribution < 1.29 is 0 Å². The van der Waals surface area contributed by atoms with Crippen LogP contribution in [-0.2, 0) is 6.42 Å². The van der Waals surface area contributed by atoms with Gasteiger partial charge in [0.05, 0.1) is 6.54 Å². The number of nitrogens with zero attached hydrogens (tertiary/aromatic N) is 6. The van der Waals surface area contributed by atoms with E-state index in [9.17, 15) is 0 Å². The Morgan fingerprint density at radius 2 is 1.96 bits per heavy atom. The lowest BCUT2D eigenvalue weighted by Crippen LogP contribution is -2.52. The topological polar surface area (TPSA) is 59.9 Å². The lowest BCUT2D eigenvalue weighted by molar-refractivity contribution is 0.252. The molecule has 152 valence electrons. The summed E-state index contributed by atoms with van der Waals surface area (Å²) >= 11 is 1.52. The molecule has 1 aliphatic carbocycles. The Bertz CT molecular complexity index is 589. The van der Waals surface area contributed by atoms with Gasteiger partial charge >= 0.3 is 0 Å². The molecule has 1 aromatic rings. The number of likely N-dealkylation sites (N-methyl/N-ethyl adjacent to an activating group) is 1. The van der Waals surface area contributed by atoms with Crippen LogP contribution in [0.3, 0.4) is 0 Å². The number of hydrogen-bond acceptors (Lipinski definition) is 6. The molecule has 2 fully saturated rings. The van der Waals surface area contributed by atoms with E-state index in [2.05, 4.69) is 50.3 Å².